The van der Waals surface area contributed by atoms with E-state index in [0.717, 1.165) is 5.57 Å². The van der Waals surface area contributed by atoms with E-state index < -0.39 is 157 Å². The molecule has 9 rings (SSSR count). The maximum atomic E-state index is 12.7. The summed E-state index contributed by atoms with van der Waals surface area (Å²) in [5, 5.41) is 58.7. The van der Waals surface area contributed by atoms with Gasteiger partial charge in [0.05, 0.1) is 73.2 Å². The molecular weight excluding hydrogens is 981 g/mol. The smallest absolute Gasteiger partial charge is 0.161 e. The van der Waals surface area contributed by atoms with Crippen molar-refractivity contribution in [2.24, 2.45) is 22.7 Å². The number of carbonyl (C=O) groups is 1. The minimum absolute atomic E-state index is 0.0644. The Morgan fingerprint density at radius 1 is 0.573 bits per heavy atom. The van der Waals surface area contributed by atoms with Crippen LogP contribution in [0, 0.1) is 22.7 Å². The first-order valence-corrected chi connectivity index (χ1v) is 27.9. The van der Waals surface area contributed by atoms with Gasteiger partial charge in [-0.3, -0.25) is 4.79 Å². The molecule has 0 bridgehead atoms. The quantitative estimate of drug-likeness (QED) is 0.147. The standard InChI is InChI=1S/C55H90O20/c1-26(56)34-15-18-55(61)53(34,8)41(58)25-40-52(7)16-14-33(19-32(52)13-17-54(40,55)60)71-42-20-35(57)48(28(3)67-42)72-44-22-37(63-10)50(29(4)68-44)74-46-24-39(65-12)51(31(6)70-46)75-45-23-38(64-11)49(30(5)69-45)73-43-21-36(62-9)47(59)27(2)66-43/h13,27-31,33-51,57-61H,14-25H2,1-12H3/t27-,28-,29-,30-,31-,33+,34-,35-,36-,37-,38+,39-,40-,41-,42+,43+,44+,45+,46+,47-,48-,49-,50-,51-,52+,53+,54+,55-/m1/s1. The van der Waals surface area contributed by atoms with Crippen LogP contribution in [0.15, 0.2) is 11.6 Å². The molecule has 0 aromatic rings. The molecule has 0 unspecified atom stereocenters. The lowest BCUT2D eigenvalue weighted by Gasteiger charge is -2.66. The van der Waals surface area contributed by atoms with Gasteiger partial charge < -0.3 is 91.8 Å². The maximum Gasteiger partial charge on any atom is 0.161 e. The van der Waals surface area contributed by atoms with Gasteiger partial charge in [-0.2, -0.15) is 0 Å². The van der Waals surface area contributed by atoms with Crippen LogP contribution < -0.4 is 0 Å². The zero-order valence-electron chi connectivity index (χ0n) is 46.3. The first-order chi connectivity index (χ1) is 35.5. The Morgan fingerprint density at radius 2 is 1.01 bits per heavy atom. The molecule has 0 radical (unpaired) electrons. The lowest BCUT2D eigenvalue weighted by Crippen LogP contribution is -2.75. The van der Waals surface area contributed by atoms with E-state index in [9.17, 15) is 30.3 Å². The minimum Gasteiger partial charge on any atom is -0.392 e. The molecule has 0 amide bonds. The van der Waals surface area contributed by atoms with Gasteiger partial charge in [0, 0.05) is 77.8 Å². The van der Waals surface area contributed by atoms with Crippen LogP contribution in [0.25, 0.3) is 0 Å². The summed E-state index contributed by atoms with van der Waals surface area (Å²) >= 11 is 0. The van der Waals surface area contributed by atoms with Crippen LogP contribution in [0.4, 0.5) is 0 Å². The van der Waals surface area contributed by atoms with Crippen molar-refractivity contribution in [3.63, 3.8) is 0 Å². The van der Waals surface area contributed by atoms with Crippen molar-refractivity contribution in [3.8, 4) is 0 Å². The highest BCUT2D eigenvalue weighted by molar-refractivity contribution is 5.80. The van der Waals surface area contributed by atoms with Gasteiger partial charge in [-0.15, -0.1) is 0 Å². The Balaban J connectivity index is 0.744. The monoisotopic (exact) mass is 1070 g/mol. The molecule has 28 atom stereocenters. The van der Waals surface area contributed by atoms with Crippen molar-refractivity contribution < 1.29 is 96.6 Å². The Labute approximate surface area is 442 Å². The van der Waals surface area contributed by atoms with Crippen LogP contribution >= 0.6 is 0 Å². The van der Waals surface area contributed by atoms with Crippen LogP contribution in [0.5, 0.6) is 0 Å². The molecule has 5 aliphatic heterocycles. The zero-order valence-corrected chi connectivity index (χ0v) is 46.3. The zero-order chi connectivity index (χ0) is 54.1. The summed E-state index contributed by atoms with van der Waals surface area (Å²) in [6.45, 7) is 14.8. The summed E-state index contributed by atoms with van der Waals surface area (Å²) in [5.41, 5.74) is -3.57. The SMILES string of the molecule is CO[C@H]1C[C@H](O[C@@H]2[C@@H](C)O[C@@H](O[C@@H]3[C@@H](C)O[C@@H](O[C@H]4[C@H](O)C[C@H](O[C@H]5CC[C@@]6(C)C(=CC[C@]7(O)[C@@H]6C[C@@H](O)[C@]6(C)[C@@H](C(C)=O)CC[C@@]67O)C5)O[C@@H]4C)C[C@H]3OC)C[C@H]2OC)O[C@H](C)[C@H]1O[C@H]1C[C@@H](OC)[C@H](O)[C@@H](C)O1. The summed E-state index contributed by atoms with van der Waals surface area (Å²) in [6.07, 6.45) is -5.44. The number of fused-ring (bicyclic) bond motifs is 5. The average molecular weight is 1070 g/mol. The molecule has 75 heavy (non-hydrogen) atoms. The number of aliphatic hydroxyl groups excluding tert-OH is 3. The van der Waals surface area contributed by atoms with E-state index in [1.807, 2.05) is 27.7 Å². The highest BCUT2D eigenvalue weighted by Crippen LogP contribution is 2.69. The van der Waals surface area contributed by atoms with Gasteiger partial charge in [0.2, 0.25) is 0 Å². The van der Waals surface area contributed by atoms with Gasteiger partial charge in [0.15, 0.2) is 31.5 Å². The van der Waals surface area contributed by atoms with Gasteiger partial charge in [-0.25, -0.2) is 0 Å². The molecule has 3 saturated carbocycles. The lowest BCUT2D eigenvalue weighted by atomic mass is 9.43. The molecule has 5 N–H and O–H groups in total. The van der Waals surface area contributed by atoms with Gasteiger partial charge in [0.25, 0.3) is 0 Å². The highest BCUT2D eigenvalue weighted by atomic mass is 16.8. The van der Waals surface area contributed by atoms with Crippen LogP contribution in [0.3, 0.4) is 0 Å². The fraction of sp³-hybridized carbons (Fsp3) is 0.945. The summed E-state index contributed by atoms with van der Waals surface area (Å²) < 4.78 is 87.7. The van der Waals surface area contributed by atoms with E-state index in [2.05, 4.69) is 13.0 Å². The molecule has 0 aromatic heterocycles. The molecule has 9 aliphatic rings. The predicted molar refractivity (Wildman–Crippen MR) is 265 cm³/mol. The Hall–Kier alpha value is -1.35. The molecule has 20 nitrogen and oxygen atoms in total. The number of aliphatic hydroxyl groups is 5. The summed E-state index contributed by atoms with van der Waals surface area (Å²) in [7, 11) is 6.45. The normalized spacial score (nSPS) is 53.3. The summed E-state index contributed by atoms with van der Waals surface area (Å²) in [4.78, 5) is 12.7. The molecule has 5 saturated heterocycles. The van der Waals surface area contributed by atoms with E-state index in [0.29, 0.717) is 57.8 Å². The lowest BCUT2D eigenvalue weighted by molar-refractivity contribution is -0.351. The van der Waals surface area contributed by atoms with Crippen LogP contribution in [-0.4, -0.2) is 206 Å². The van der Waals surface area contributed by atoms with Crippen molar-refractivity contribution >= 4 is 5.78 Å². The van der Waals surface area contributed by atoms with E-state index in [1.54, 1.807) is 42.3 Å². The van der Waals surface area contributed by atoms with Gasteiger partial charge in [-0.1, -0.05) is 25.5 Å². The number of ether oxygens (including phenoxy) is 14. The second-order valence-corrected chi connectivity index (χ2v) is 24.0. The second kappa shape index (κ2) is 22.9. The topological polar surface area (TPSA) is 247 Å². The summed E-state index contributed by atoms with van der Waals surface area (Å²) in [6, 6.07) is 0. The third kappa shape index (κ3) is 10.6. The molecule has 20 heteroatoms. The Bertz CT molecular complexity index is 1970. The second-order valence-electron chi connectivity index (χ2n) is 24.0. The minimum atomic E-state index is -1.60. The molecule has 0 spiro atoms. The number of carbonyl (C=O) groups excluding carboxylic acids is 1. The van der Waals surface area contributed by atoms with E-state index in [4.69, 9.17) is 66.3 Å². The largest absolute Gasteiger partial charge is 0.392 e. The first kappa shape index (κ1) is 58.3. The number of methoxy groups -OCH3 is 4. The highest BCUT2D eigenvalue weighted by Gasteiger charge is 2.76. The molecule has 4 aliphatic carbocycles. The average Bonchev–Trinajstić information content (AvgIpc) is 3.66. The molecule has 430 valence electrons. The Kier molecular flexibility index (Phi) is 17.8. The third-order valence-corrected chi connectivity index (χ3v) is 19.9. The molecular formula is C55H90O20. The maximum absolute atomic E-state index is 12.7. The van der Waals surface area contributed by atoms with E-state index >= 15 is 0 Å². The van der Waals surface area contributed by atoms with Crippen LogP contribution in [-0.2, 0) is 71.1 Å². The number of Topliss-reactive ketones (excluding diaryl/α,β-unsaturated/α-hetero) is 1. The van der Waals surface area contributed by atoms with Crippen molar-refractivity contribution in [1.29, 1.82) is 0 Å². The van der Waals surface area contributed by atoms with Crippen molar-refractivity contribution in [1.82, 2.24) is 0 Å². The van der Waals surface area contributed by atoms with Crippen molar-refractivity contribution in [2.45, 2.75) is 279 Å². The number of hydrogen-bond acceptors (Lipinski definition) is 20. The molecule has 5 heterocycles. The number of hydrogen-bond donors (Lipinski definition) is 5. The fourth-order valence-electron chi connectivity index (χ4n) is 15.5. The Morgan fingerprint density at radius 3 is 1.48 bits per heavy atom. The predicted octanol–water partition coefficient (Wildman–Crippen LogP) is 3.74. The molecule has 8 fully saturated rings. The fourth-order valence-corrected chi connectivity index (χ4v) is 15.5. The van der Waals surface area contributed by atoms with E-state index in [-0.39, 0.29) is 37.3 Å². The van der Waals surface area contributed by atoms with Crippen molar-refractivity contribution in [3.05, 3.63) is 11.6 Å². The number of rotatable bonds is 15. The van der Waals surface area contributed by atoms with Crippen molar-refractivity contribution in [2.75, 3.05) is 28.4 Å². The van der Waals surface area contributed by atoms with E-state index in [1.165, 1.54) is 6.92 Å². The number of ketones is 1. The van der Waals surface area contributed by atoms with Crippen LogP contribution in [0.1, 0.15) is 132 Å². The van der Waals surface area contributed by atoms with Crippen LogP contribution in [0.2, 0.25) is 0 Å². The van der Waals surface area contributed by atoms with Gasteiger partial charge in [-0.05, 0) is 91.9 Å². The first-order valence-electron chi connectivity index (χ1n) is 27.9. The third-order valence-electron chi connectivity index (χ3n) is 19.9. The van der Waals surface area contributed by atoms with Gasteiger partial charge >= 0.3 is 0 Å². The van der Waals surface area contributed by atoms with Gasteiger partial charge in [0.1, 0.15) is 47.5 Å². The molecule has 0 aromatic carbocycles. The summed E-state index contributed by atoms with van der Waals surface area (Å²) in [5.74, 6) is -0.978.